The number of hydrogen-bond acceptors (Lipinski definition) is 9. The van der Waals surface area contributed by atoms with Gasteiger partial charge in [-0.3, -0.25) is 19.6 Å². The third-order valence-electron chi connectivity index (χ3n) is 3.94. The van der Waals surface area contributed by atoms with E-state index in [4.69, 9.17) is 14.0 Å². The van der Waals surface area contributed by atoms with Gasteiger partial charge < -0.3 is 19.3 Å². The Labute approximate surface area is 164 Å². The molecule has 0 atom stereocenters. The molecule has 2 heterocycles. The highest BCUT2D eigenvalue weighted by molar-refractivity contribution is 5.89. The van der Waals surface area contributed by atoms with Gasteiger partial charge in [-0.2, -0.15) is 10.1 Å². The fourth-order valence-electron chi connectivity index (χ4n) is 2.52. The van der Waals surface area contributed by atoms with E-state index in [2.05, 4.69) is 20.6 Å². The van der Waals surface area contributed by atoms with Crippen LogP contribution in [0.1, 0.15) is 22.1 Å². The van der Waals surface area contributed by atoms with Gasteiger partial charge in [-0.05, 0) is 24.1 Å². The molecule has 3 rings (SSSR count). The molecule has 0 unspecified atom stereocenters. The highest BCUT2D eigenvalue weighted by atomic mass is 16.6. The van der Waals surface area contributed by atoms with Crippen LogP contribution in [0, 0.1) is 10.1 Å². The van der Waals surface area contributed by atoms with E-state index in [1.165, 1.54) is 10.9 Å². The fraction of sp³-hybridized carbons (Fsp3) is 0.294. The molecule has 0 saturated carbocycles. The number of nitro groups is 1. The van der Waals surface area contributed by atoms with E-state index in [-0.39, 0.29) is 23.9 Å². The highest BCUT2D eigenvalue weighted by Gasteiger charge is 2.16. The number of aromatic nitrogens is 4. The molecule has 2 aromatic heterocycles. The number of methoxy groups -OCH3 is 2. The summed E-state index contributed by atoms with van der Waals surface area (Å²) in [6.45, 7) is 0.383. The van der Waals surface area contributed by atoms with Crippen molar-refractivity contribution in [1.29, 1.82) is 0 Å². The average molecular weight is 402 g/mol. The molecular formula is C17H18N6O6. The Balaban J connectivity index is 1.53. The van der Waals surface area contributed by atoms with Gasteiger partial charge in [0.2, 0.25) is 0 Å². The van der Waals surface area contributed by atoms with Crippen LogP contribution in [0.5, 0.6) is 11.5 Å². The summed E-state index contributed by atoms with van der Waals surface area (Å²) in [6, 6.07) is 5.50. The van der Waals surface area contributed by atoms with Crippen LogP contribution in [0.4, 0.5) is 5.69 Å². The Morgan fingerprint density at radius 3 is 2.79 bits per heavy atom. The lowest BCUT2D eigenvalue weighted by molar-refractivity contribution is -0.385. The first-order valence-electron chi connectivity index (χ1n) is 8.48. The van der Waals surface area contributed by atoms with Crippen molar-refractivity contribution < 1.29 is 23.7 Å². The summed E-state index contributed by atoms with van der Waals surface area (Å²) in [5.74, 6) is 0.690. The number of rotatable bonds is 9. The molecule has 3 aromatic rings. The van der Waals surface area contributed by atoms with Crippen molar-refractivity contribution >= 4 is 11.6 Å². The third-order valence-corrected chi connectivity index (χ3v) is 3.94. The summed E-state index contributed by atoms with van der Waals surface area (Å²) in [7, 11) is 3.11. The zero-order chi connectivity index (χ0) is 20.8. The van der Waals surface area contributed by atoms with Gasteiger partial charge in [0.05, 0.1) is 19.1 Å². The first-order chi connectivity index (χ1) is 14.0. The van der Waals surface area contributed by atoms with Crippen molar-refractivity contribution in [3.63, 3.8) is 0 Å². The molecule has 1 N–H and O–H groups in total. The zero-order valence-corrected chi connectivity index (χ0v) is 15.7. The van der Waals surface area contributed by atoms with Crippen LogP contribution in [0.25, 0.3) is 0 Å². The summed E-state index contributed by atoms with van der Waals surface area (Å²) in [4.78, 5) is 26.2. The van der Waals surface area contributed by atoms with Crippen LogP contribution >= 0.6 is 0 Å². The molecule has 0 bridgehead atoms. The van der Waals surface area contributed by atoms with E-state index < -0.39 is 10.8 Å². The maximum Gasteiger partial charge on any atom is 0.316 e. The Morgan fingerprint density at radius 1 is 1.31 bits per heavy atom. The predicted molar refractivity (Wildman–Crippen MR) is 97.9 cm³/mol. The van der Waals surface area contributed by atoms with Gasteiger partial charge in [-0.25, -0.2) is 0 Å². The van der Waals surface area contributed by atoms with Crippen molar-refractivity contribution in [2.24, 2.45) is 0 Å². The molecule has 0 aliphatic heterocycles. The molecule has 29 heavy (non-hydrogen) atoms. The number of nitrogens with zero attached hydrogens (tertiary/aromatic N) is 5. The number of carbonyl (C=O) groups is 1. The van der Waals surface area contributed by atoms with Crippen LogP contribution in [-0.4, -0.2) is 51.5 Å². The van der Waals surface area contributed by atoms with E-state index in [0.717, 1.165) is 11.8 Å². The summed E-state index contributed by atoms with van der Waals surface area (Å²) in [5, 5.41) is 20.9. The number of benzene rings is 1. The topological polar surface area (TPSA) is 147 Å². The van der Waals surface area contributed by atoms with Gasteiger partial charge in [0.15, 0.2) is 17.3 Å². The summed E-state index contributed by atoms with van der Waals surface area (Å²) in [6.07, 6.45) is 2.91. The second-order valence-corrected chi connectivity index (χ2v) is 5.86. The lowest BCUT2D eigenvalue weighted by Gasteiger charge is -2.09. The minimum absolute atomic E-state index is 0.0380. The van der Waals surface area contributed by atoms with Crippen LogP contribution in [0.2, 0.25) is 0 Å². The van der Waals surface area contributed by atoms with E-state index in [0.29, 0.717) is 24.5 Å². The lowest BCUT2D eigenvalue weighted by Crippen LogP contribution is -2.26. The van der Waals surface area contributed by atoms with Gasteiger partial charge in [0.1, 0.15) is 18.9 Å². The maximum absolute atomic E-state index is 12.2. The van der Waals surface area contributed by atoms with Crippen molar-refractivity contribution in [3.05, 3.63) is 58.0 Å². The maximum atomic E-state index is 12.2. The first-order valence-corrected chi connectivity index (χ1v) is 8.48. The minimum atomic E-state index is -0.559. The Bertz CT molecular complexity index is 1010. The molecule has 0 spiro atoms. The van der Waals surface area contributed by atoms with Crippen molar-refractivity contribution in [2.75, 3.05) is 20.8 Å². The SMILES string of the molecule is COc1ccc(CCNC(=O)c2nc(Cn3cc([N+](=O)[O-])cn3)no2)cc1OC. The third kappa shape index (κ3) is 4.86. The van der Waals surface area contributed by atoms with Crippen molar-refractivity contribution in [1.82, 2.24) is 25.2 Å². The molecular weight excluding hydrogens is 384 g/mol. The number of hydrogen-bond donors (Lipinski definition) is 1. The predicted octanol–water partition coefficient (Wildman–Crippen LogP) is 1.21. The summed E-state index contributed by atoms with van der Waals surface area (Å²) in [5.41, 5.74) is 0.802. The van der Waals surface area contributed by atoms with Gasteiger partial charge >= 0.3 is 17.5 Å². The van der Waals surface area contributed by atoms with E-state index in [1.807, 2.05) is 12.1 Å². The normalized spacial score (nSPS) is 10.6. The van der Waals surface area contributed by atoms with Crippen molar-refractivity contribution in [3.8, 4) is 11.5 Å². The smallest absolute Gasteiger partial charge is 0.316 e. The monoisotopic (exact) mass is 402 g/mol. The molecule has 12 heteroatoms. The molecule has 0 aliphatic carbocycles. The summed E-state index contributed by atoms with van der Waals surface area (Å²) >= 11 is 0. The number of carbonyl (C=O) groups excluding carboxylic acids is 1. The van der Waals surface area contributed by atoms with Crippen LogP contribution in [0.3, 0.4) is 0 Å². The van der Waals surface area contributed by atoms with E-state index >= 15 is 0 Å². The molecule has 1 amide bonds. The van der Waals surface area contributed by atoms with E-state index in [1.54, 1.807) is 20.3 Å². The summed E-state index contributed by atoms with van der Waals surface area (Å²) < 4.78 is 16.7. The van der Waals surface area contributed by atoms with Gasteiger partial charge in [0, 0.05) is 6.54 Å². The van der Waals surface area contributed by atoms with Crippen LogP contribution in [0.15, 0.2) is 35.1 Å². The van der Waals surface area contributed by atoms with Gasteiger partial charge in [0.25, 0.3) is 0 Å². The molecule has 12 nitrogen and oxygen atoms in total. The Kier molecular flexibility index (Phi) is 6.02. The lowest BCUT2D eigenvalue weighted by atomic mass is 10.1. The molecule has 0 aliphatic rings. The molecule has 0 fully saturated rings. The first kappa shape index (κ1) is 19.8. The molecule has 0 radical (unpaired) electrons. The van der Waals surface area contributed by atoms with Crippen LogP contribution < -0.4 is 14.8 Å². The van der Waals surface area contributed by atoms with Gasteiger partial charge in [-0.15, -0.1) is 0 Å². The largest absolute Gasteiger partial charge is 0.493 e. The zero-order valence-electron chi connectivity index (χ0n) is 15.7. The van der Waals surface area contributed by atoms with E-state index in [9.17, 15) is 14.9 Å². The van der Waals surface area contributed by atoms with Crippen LogP contribution in [-0.2, 0) is 13.0 Å². The number of nitrogens with one attached hydrogen (secondary N) is 1. The molecule has 152 valence electrons. The number of amides is 1. The van der Waals surface area contributed by atoms with Crippen molar-refractivity contribution in [2.45, 2.75) is 13.0 Å². The standard InChI is InChI=1S/C17H18N6O6/c1-27-13-4-3-11(7-14(13)28-2)5-6-18-16(24)17-20-15(21-29-17)10-22-9-12(8-19-22)23(25)26/h3-4,7-9H,5-6,10H2,1-2H3,(H,18,24). The second kappa shape index (κ2) is 8.82. The fourth-order valence-corrected chi connectivity index (χ4v) is 2.52. The second-order valence-electron chi connectivity index (χ2n) is 5.86. The average Bonchev–Trinajstić information content (AvgIpc) is 3.38. The Hall–Kier alpha value is -3.96. The minimum Gasteiger partial charge on any atom is -0.493 e. The molecule has 1 aromatic carbocycles. The van der Waals surface area contributed by atoms with Gasteiger partial charge in [-0.1, -0.05) is 11.2 Å². The quantitative estimate of drug-likeness (QED) is 0.412. The highest BCUT2D eigenvalue weighted by Crippen LogP contribution is 2.27. The molecule has 0 saturated heterocycles. The Morgan fingerprint density at radius 2 is 2.10 bits per heavy atom. The number of ether oxygens (including phenoxy) is 2.